The summed E-state index contributed by atoms with van der Waals surface area (Å²) in [6.07, 6.45) is 51.1. The van der Waals surface area contributed by atoms with Crippen LogP contribution in [0, 0.1) is 0 Å². The van der Waals surface area contributed by atoms with E-state index in [1.807, 2.05) is 0 Å². The second-order valence-electron chi connectivity index (χ2n) is 14.3. The van der Waals surface area contributed by atoms with E-state index in [1.165, 1.54) is 218 Å². The van der Waals surface area contributed by atoms with Crippen LogP contribution in [-0.2, 0) is 4.57 Å². The molecule has 0 aliphatic heterocycles. The molecule has 0 aromatic rings. The fourth-order valence-electron chi connectivity index (χ4n) is 6.65. The van der Waals surface area contributed by atoms with E-state index in [1.54, 1.807) is 0 Å². The summed E-state index contributed by atoms with van der Waals surface area (Å²) in [5.41, 5.74) is 5.55. The van der Waals surface area contributed by atoms with E-state index in [9.17, 15) is 4.57 Å². The van der Waals surface area contributed by atoms with Crippen molar-refractivity contribution in [3.63, 3.8) is 0 Å². The largest absolute Gasteiger partial charge is 0.330 e. The van der Waals surface area contributed by atoms with Gasteiger partial charge in [-0.2, -0.15) is 0 Å². The minimum absolute atomic E-state index is 0.0609. The molecule has 0 aromatic carbocycles. The lowest BCUT2D eigenvalue weighted by atomic mass is 10.0. The van der Waals surface area contributed by atoms with Crippen LogP contribution in [0.3, 0.4) is 0 Å². The maximum Gasteiger partial charge on any atom is 0.325 e. The van der Waals surface area contributed by atoms with Crippen LogP contribution in [0.25, 0.3) is 0 Å². The van der Waals surface area contributed by atoms with Crippen molar-refractivity contribution >= 4 is 7.60 Å². The Kier molecular flexibility index (Phi) is 37.7. The molecule has 0 radical (unpaired) electrons. The van der Waals surface area contributed by atoms with Gasteiger partial charge >= 0.3 is 7.60 Å². The van der Waals surface area contributed by atoms with Gasteiger partial charge in [-0.05, 0) is 19.4 Å². The van der Waals surface area contributed by atoms with Gasteiger partial charge in [0, 0.05) is 6.16 Å². The van der Waals surface area contributed by atoms with E-state index in [0.717, 1.165) is 19.4 Å². The van der Waals surface area contributed by atoms with Gasteiger partial charge in [-0.3, -0.25) is 4.57 Å². The molecular formula is C39H82NO3P. The second kappa shape index (κ2) is 37.6. The number of nitrogens with two attached hydrogens (primary N) is 1. The molecule has 0 heterocycles. The molecule has 0 unspecified atom stereocenters. The maximum atomic E-state index is 10.8. The third kappa shape index (κ3) is 42.1. The normalized spacial score (nSPS) is 12.0. The van der Waals surface area contributed by atoms with Gasteiger partial charge in [0.1, 0.15) is 0 Å². The SMILES string of the molecule is NCCCCCCCCCCCCCCCCCCCCCCCCCCCCCCCCCCCCCCCP(=O)(O)O. The highest BCUT2D eigenvalue weighted by Gasteiger charge is 2.10. The Balaban J connectivity index is 3.05. The first-order valence-corrected chi connectivity index (χ1v) is 22.1. The number of hydrogen-bond acceptors (Lipinski definition) is 2. The molecule has 44 heavy (non-hydrogen) atoms. The number of unbranched alkanes of at least 4 members (excludes halogenated alkanes) is 36. The smallest absolute Gasteiger partial charge is 0.325 e. The zero-order valence-electron chi connectivity index (χ0n) is 29.9. The van der Waals surface area contributed by atoms with Gasteiger partial charge in [0.2, 0.25) is 0 Å². The van der Waals surface area contributed by atoms with Gasteiger partial charge in [-0.15, -0.1) is 0 Å². The van der Waals surface area contributed by atoms with E-state index in [4.69, 9.17) is 15.5 Å². The van der Waals surface area contributed by atoms with E-state index < -0.39 is 7.60 Å². The topological polar surface area (TPSA) is 83.6 Å². The quantitative estimate of drug-likeness (QED) is 0.0459. The third-order valence-corrected chi connectivity index (χ3v) is 10.6. The zero-order valence-corrected chi connectivity index (χ0v) is 30.8. The molecule has 266 valence electrons. The summed E-state index contributed by atoms with van der Waals surface area (Å²) in [6.45, 7) is 0.867. The number of rotatable bonds is 39. The monoisotopic (exact) mass is 644 g/mol. The first kappa shape index (κ1) is 44.1. The minimum Gasteiger partial charge on any atom is -0.330 e. The predicted molar refractivity (Wildman–Crippen MR) is 197 cm³/mol. The van der Waals surface area contributed by atoms with Crippen LogP contribution in [0.1, 0.15) is 238 Å². The van der Waals surface area contributed by atoms with Gasteiger partial charge in [0.05, 0.1) is 0 Å². The lowest BCUT2D eigenvalue weighted by Gasteiger charge is -2.05. The van der Waals surface area contributed by atoms with Crippen LogP contribution in [0.4, 0.5) is 0 Å². The van der Waals surface area contributed by atoms with Gasteiger partial charge in [-0.1, -0.05) is 225 Å². The Morgan fingerprint density at radius 1 is 0.273 bits per heavy atom. The molecule has 0 spiro atoms. The summed E-state index contributed by atoms with van der Waals surface area (Å²) < 4.78 is 10.8. The van der Waals surface area contributed by atoms with Crippen LogP contribution in [0.5, 0.6) is 0 Å². The number of hydrogen-bond donors (Lipinski definition) is 3. The molecule has 0 fully saturated rings. The Labute approximate surface area is 277 Å². The van der Waals surface area contributed by atoms with Gasteiger partial charge in [0.15, 0.2) is 0 Å². The summed E-state index contributed by atoms with van der Waals surface area (Å²) in [6, 6.07) is 0. The molecular weight excluding hydrogens is 561 g/mol. The third-order valence-electron chi connectivity index (χ3n) is 9.65. The van der Waals surface area contributed by atoms with Crippen LogP contribution in [0.2, 0.25) is 0 Å². The van der Waals surface area contributed by atoms with Crippen molar-refractivity contribution in [1.29, 1.82) is 0 Å². The summed E-state index contributed by atoms with van der Waals surface area (Å²) >= 11 is 0. The maximum absolute atomic E-state index is 10.8. The van der Waals surface area contributed by atoms with Crippen LogP contribution in [0.15, 0.2) is 0 Å². The zero-order chi connectivity index (χ0) is 32.1. The van der Waals surface area contributed by atoms with E-state index in [-0.39, 0.29) is 6.16 Å². The van der Waals surface area contributed by atoms with Crippen molar-refractivity contribution in [1.82, 2.24) is 0 Å². The fraction of sp³-hybridized carbons (Fsp3) is 1.00. The molecule has 4 nitrogen and oxygen atoms in total. The Bertz CT molecular complexity index is 568. The van der Waals surface area contributed by atoms with Crippen molar-refractivity contribution < 1.29 is 14.4 Å². The van der Waals surface area contributed by atoms with Crippen molar-refractivity contribution in [2.75, 3.05) is 12.7 Å². The average Bonchev–Trinajstić information content (AvgIpc) is 3.00. The standard InChI is InChI=1S/C39H82NO3P/c40-38-36-34-32-30-28-26-24-22-20-18-16-14-12-10-8-6-4-2-1-3-5-7-9-11-13-15-17-19-21-23-25-27-29-31-33-35-37-39-44(41,42)43/h1-40H2,(H2,41,42,43). The van der Waals surface area contributed by atoms with Crippen molar-refractivity contribution in [2.24, 2.45) is 5.73 Å². The molecule has 0 amide bonds. The molecule has 5 heteroatoms. The second-order valence-corrected chi connectivity index (χ2v) is 16.0. The van der Waals surface area contributed by atoms with E-state index in [2.05, 4.69) is 0 Å². The average molecular weight is 644 g/mol. The fourth-order valence-corrected chi connectivity index (χ4v) is 7.28. The molecule has 0 saturated carbocycles. The minimum atomic E-state index is -3.77. The molecule has 0 atom stereocenters. The highest BCUT2D eigenvalue weighted by atomic mass is 31.2. The summed E-state index contributed by atoms with van der Waals surface area (Å²) in [5, 5.41) is 0. The summed E-state index contributed by atoms with van der Waals surface area (Å²) in [7, 11) is -3.77. The van der Waals surface area contributed by atoms with Crippen LogP contribution in [-0.4, -0.2) is 22.5 Å². The highest BCUT2D eigenvalue weighted by Crippen LogP contribution is 2.35. The predicted octanol–water partition coefficient (Wildman–Crippen LogP) is 13.6. The van der Waals surface area contributed by atoms with Gasteiger partial charge in [-0.25, -0.2) is 0 Å². The van der Waals surface area contributed by atoms with Crippen molar-refractivity contribution in [2.45, 2.75) is 238 Å². The molecule has 0 rings (SSSR count). The summed E-state index contributed by atoms with van der Waals surface area (Å²) in [5.74, 6) is 0. The van der Waals surface area contributed by atoms with Gasteiger partial charge in [0.25, 0.3) is 0 Å². The molecule has 0 aromatic heterocycles. The van der Waals surface area contributed by atoms with Crippen molar-refractivity contribution in [3.05, 3.63) is 0 Å². The molecule has 0 saturated heterocycles. The van der Waals surface area contributed by atoms with E-state index in [0.29, 0.717) is 6.42 Å². The lowest BCUT2D eigenvalue weighted by Crippen LogP contribution is -1.97. The Hall–Kier alpha value is 0.110. The molecule has 0 aliphatic carbocycles. The highest BCUT2D eigenvalue weighted by molar-refractivity contribution is 7.51. The first-order valence-electron chi connectivity index (χ1n) is 20.3. The Morgan fingerprint density at radius 2 is 0.409 bits per heavy atom. The molecule has 4 N–H and O–H groups in total. The molecule has 0 aliphatic rings. The first-order chi connectivity index (χ1) is 21.6. The van der Waals surface area contributed by atoms with Crippen LogP contribution < -0.4 is 5.73 Å². The summed E-state index contributed by atoms with van der Waals surface area (Å²) in [4.78, 5) is 17.7. The molecule has 0 bridgehead atoms. The van der Waals surface area contributed by atoms with E-state index >= 15 is 0 Å². The Morgan fingerprint density at radius 3 is 0.545 bits per heavy atom. The van der Waals surface area contributed by atoms with Crippen molar-refractivity contribution in [3.8, 4) is 0 Å². The van der Waals surface area contributed by atoms with Crippen LogP contribution >= 0.6 is 7.60 Å². The van der Waals surface area contributed by atoms with Gasteiger partial charge < -0.3 is 15.5 Å². The lowest BCUT2D eigenvalue weighted by molar-refractivity contribution is 0.370.